The number of nitro groups is 1. The van der Waals surface area contributed by atoms with Gasteiger partial charge in [0.1, 0.15) is 11.4 Å². The monoisotopic (exact) mass is 252 g/mol. The predicted molar refractivity (Wildman–Crippen MR) is 58.9 cm³/mol. The van der Waals surface area contributed by atoms with Gasteiger partial charge in [0, 0.05) is 6.07 Å². The third kappa shape index (κ3) is 2.18. The lowest BCUT2D eigenvalue weighted by atomic mass is 10.2. The fourth-order valence-corrected chi connectivity index (χ4v) is 1.37. The van der Waals surface area contributed by atoms with Crippen molar-refractivity contribution in [3.63, 3.8) is 0 Å². The summed E-state index contributed by atoms with van der Waals surface area (Å²) in [6.07, 6.45) is 0. The molecule has 1 unspecified atom stereocenters. The van der Waals surface area contributed by atoms with Crippen LogP contribution in [-0.4, -0.2) is 15.1 Å². The summed E-state index contributed by atoms with van der Waals surface area (Å²) in [6, 6.07) is 2.50. The Labute approximate surface area is 101 Å². The summed E-state index contributed by atoms with van der Waals surface area (Å²) in [4.78, 5) is 10.2. The highest BCUT2D eigenvalue weighted by atomic mass is 19.1. The molecule has 0 saturated carbocycles. The molecular weight excluding hydrogens is 243 g/mol. The molecule has 0 aliphatic heterocycles. The summed E-state index contributed by atoms with van der Waals surface area (Å²) in [5.41, 5.74) is 5.15. The van der Waals surface area contributed by atoms with E-state index in [9.17, 15) is 14.5 Å². The number of aromatic nitrogens is 2. The van der Waals surface area contributed by atoms with Crippen molar-refractivity contribution < 1.29 is 13.7 Å². The third-order valence-corrected chi connectivity index (χ3v) is 2.22. The molecule has 1 aromatic heterocycles. The van der Waals surface area contributed by atoms with Crippen LogP contribution in [0.25, 0.3) is 11.5 Å². The number of nitrogens with two attached hydrogens (primary N) is 1. The van der Waals surface area contributed by atoms with E-state index in [2.05, 4.69) is 10.2 Å². The Morgan fingerprint density at radius 2 is 2.22 bits per heavy atom. The zero-order valence-electron chi connectivity index (χ0n) is 9.33. The fourth-order valence-electron chi connectivity index (χ4n) is 1.37. The lowest BCUT2D eigenvalue weighted by Crippen LogP contribution is -2.04. The second-order valence-electron chi connectivity index (χ2n) is 3.65. The van der Waals surface area contributed by atoms with Gasteiger partial charge < -0.3 is 10.2 Å². The van der Waals surface area contributed by atoms with Crippen LogP contribution in [0.5, 0.6) is 0 Å². The molecule has 0 fully saturated rings. The standard InChI is InChI=1S/C10H9FN4O3/c1-5(12)9-13-14-10(18-9)7-4-6(11)2-3-8(7)15(16)17/h2-5H,12H2,1H3. The highest BCUT2D eigenvalue weighted by Gasteiger charge is 2.21. The molecule has 2 aromatic rings. The smallest absolute Gasteiger partial charge is 0.282 e. The zero-order valence-corrected chi connectivity index (χ0v) is 9.33. The molecule has 0 aliphatic carbocycles. The van der Waals surface area contributed by atoms with E-state index in [0.717, 1.165) is 18.2 Å². The average molecular weight is 252 g/mol. The van der Waals surface area contributed by atoms with Gasteiger partial charge in [-0.15, -0.1) is 10.2 Å². The highest BCUT2D eigenvalue weighted by Crippen LogP contribution is 2.30. The lowest BCUT2D eigenvalue weighted by Gasteiger charge is -1.99. The van der Waals surface area contributed by atoms with Crippen molar-refractivity contribution in [2.24, 2.45) is 5.73 Å². The van der Waals surface area contributed by atoms with E-state index in [1.807, 2.05) is 0 Å². The fraction of sp³-hybridized carbons (Fsp3) is 0.200. The van der Waals surface area contributed by atoms with Gasteiger partial charge in [-0.2, -0.15) is 0 Å². The van der Waals surface area contributed by atoms with Crippen molar-refractivity contribution in [3.05, 3.63) is 40.0 Å². The van der Waals surface area contributed by atoms with E-state index in [-0.39, 0.29) is 23.0 Å². The summed E-state index contributed by atoms with van der Waals surface area (Å²) >= 11 is 0. The Morgan fingerprint density at radius 3 is 2.78 bits per heavy atom. The van der Waals surface area contributed by atoms with Crippen LogP contribution in [0.4, 0.5) is 10.1 Å². The first-order valence-electron chi connectivity index (χ1n) is 5.02. The first kappa shape index (κ1) is 12.1. The van der Waals surface area contributed by atoms with Crippen LogP contribution in [0, 0.1) is 15.9 Å². The molecule has 0 saturated heterocycles. The van der Waals surface area contributed by atoms with Crippen LogP contribution < -0.4 is 5.73 Å². The van der Waals surface area contributed by atoms with Gasteiger partial charge in [0.15, 0.2) is 0 Å². The maximum atomic E-state index is 13.1. The number of benzene rings is 1. The van der Waals surface area contributed by atoms with Crippen molar-refractivity contribution in [2.45, 2.75) is 13.0 Å². The number of hydrogen-bond acceptors (Lipinski definition) is 6. The van der Waals surface area contributed by atoms with Crippen molar-refractivity contribution in [1.29, 1.82) is 0 Å². The minimum Gasteiger partial charge on any atom is -0.419 e. The SMILES string of the molecule is CC(N)c1nnc(-c2cc(F)ccc2[N+](=O)[O-])o1. The molecule has 2 rings (SSSR count). The number of nitro benzene ring substituents is 1. The Balaban J connectivity index is 2.54. The van der Waals surface area contributed by atoms with Gasteiger partial charge in [0.05, 0.1) is 11.0 Å². The zero-order chi connectivity index (χ0) is 13.3. The maximum Gasteiger partial charge on any atom is 0.282 e. The van der Waals surface area contributed by atoms with Gasteiger partial charge in [-0.3, -0.25) is 10.1 Å². The molecule has 1 aromatic carbocycles. The summed E-state index contributed by atoms with van der Waals surface area (Å²) < 4.78 is 18.3. The van der Waals surface area contributed by atoms with E-state index in [1.165, 1.54) is 0 Å². The molecule has 0 spiro atoms. The van der Waals surface area contributed by atoms with Gasteiger partial charge in [-0.05, 0) is 19.1 Å². The largest absolute Gasteiger partial charge is 0.419 e. The molecule has 7 nitrogen and oxygen atoms in total. The van der Waals surface area contributed by atoms with E-state index >= 15 is 0 Å². The first-order valence-corrected chi connectivity index (χ1v) is 5.02. The number of nitrogens with zero attached hydrogens (tertiary/aromatic N) is 3. The van der Waals surface area contributed by atoms with Gasteiger partial charge in [-0.1, -0.05) is 0 Å². The second-order valence-corrected chi connectivity index (χ2v) is 3.65. The maximum absolute atomic E-state index is 13.1. The van der Waals surface area contributed by atoms with Crippen LogP contribution in [-0.2, 0) is 0 Å². The average Bonchev–Trinajstić information content (AvgIpc) is 2.77. The third-order valence-electron chi connectivity index (χ3n) is 2.22. The number of halogens is 1. The highest BCUT2D eigenvalue weighted by molar-refractivity contribution is 5.66. The molecule has 1 atom stereocenters. The van der Waals surface area contributed by atoms with Gasteiger partial charge in [-0.25, -0.2) is 4.39 Å². The minimum atomic E-state index is -0.648. The topological polar surface area (TPSA) is 108 Å². The van der Waals surface area contributed by atoms with Crippen LogP contribution in [0.3, 0.4) is 0 Å². The molecule has 18 heavy (non-hydrogen) atoms. The molecule has 1 heterocycles. The Hall–Kier alpha value is -2.35. The summed E-state index contributed by atoms with van der Waals surface area (Å²) in [5, 5.41) is 18.1. The van der Waals surface area contributed by atoms with Crippen molar-refractivity contribution >= 4 is 5.69 Å². The van der Waals surface area contributed by atoms with Gasteiger partial charge in [0.2, 0.25) is 5.89 Å². The molecule has 0 bridgehead atoms. The van der Waals surface area contributed by atoms with Gasteiger partial charge >= 0.3 is 0 Å². The number of rotatable bonds is 3. The molecule has 2 N–H and O–H groups in total. The van der Waals surface area contributed by atoms with Crippen molar-refractivity contribution in [3.8, 4) is 11.5 Å². The summed E-state index contributed by atoms with van der Waals surface area (Å²) in [7, 11) is 0. The van der Waals surface area contributed by atoms with Crippen LogP contribution in [0.2, 0.25) is 0 Å². The normalized spacial score (nSPS) is 12.4. The molecule has 8 heteroatoms. The molecule has 0 aliphatic rings. The minimum absolute atomic E-state index is 0.0700. The molecule has 94 valence electrons. The quantitative estimate of drug-likeness (QED) is 0.659. The first-order chi connectivity index (χ1) is 8.49. The Morgan fingerprint density at radius 1 is 1.50 bits per heavy atom. The van der Waals surface area contributed by atoms with Crippen molar-refractivity contribution in [2.75, 3.05) is 0 Å². The predicted octanol–water partition coefficient (Wildman–Crippen LogP) is 1.80. The second kappa shape index (κ2) is 4.49. The summed E-state index contributed by atoms with van der Waals surface area (Å²) in [5.74, 6) is -0.631. The Bertz CT molecular complexity index is 597. The van der Waals surface area contributed by atoms with Crippen molar-refractivity contribution in [1.82, 2.24) is 10.2 Å². The molecular formula is C10H9FN4O3. The van der Waals surface area contributed by atoms with E-state index in [4.69, 9.17) is 10.2 Å². The van der Waals surface area contributed by atoms with E-state index in [0.29, 0.717) is 0 Å². The molecule has 0 amide bonds. The van der Waals surface area contributed by atoms with Crippen LogP contribution >= 0.6 is 0 Å². The lowest BCUT2D eigenvalue weighted by molar-refractivity contribution is -0.384. The Kier molecular flexibility index (Phi) is 3.02. The van der Waals surface area contributed by atoms with Gasteiger partial charge in [0.25, 0.3) is 11.6 Å². The van der Waals surface area contributed by atoms with E-state index < -0.39 is 16.8 Å². The van der Waals surface area contributed by atoms with Crippen LogP contribution in [0.1, 0.15) is 18.9 Å². The summed E-state index contributed by atoms with van der Waals surface area (Å²) in [6.45, 7) is 1.62. The van der Waals surface area contributed by atoms with Crippen LogP contribution in [0.15, 0.2) is 22.6 Å². The molecule has 0 radical (unpaired) electrons. The van der Waals surface area contributed by atoms with E-state index in [1.54, 1.807) is 6.92 Å². The number of hydrogen-bond donors (Lipinski definition) is 1.